The monoisotopic (exact) mass is 299 g/mol. The van der Waals surface area contributed by atoms with Gasteiger partial charge in [-0.1, -0.05) is 0 Å². The molecule has 1 aromatic rings. The van der Waals surface area contributed by atoms with Crippen molar-refractivity contribution >= 4 is 15.7 Å². The molecule has 1 aromatic heterocycles. The van der Waals surface area contributed by atoms with Crippen molar-refractivity contribution in [3.05, 3.63) is 18.2 Å². The number of carbonyl (C=O) groups excluding carboxylic acids is 1. The molecule has 0 saturated heterocycles. The minimum atomic E-state index is -3.41. The van der Waals surface area contributed by atoms with Gasteiger partial charge in [0, 0.05) is 31.4 Å². The van der Waals surface area contributed by atoms with Crippen LogP contribution < -0.4 is 5.32 Å². The van der Waals surface area contributed by atoms with E-state index in [0.717, 1.165) is 18.7 Å². The summed E-state index contributed by atoms with van der Waals surface area (Å²) in [7, 11) is -3.41. The van der Waals surface area contributed by atoms with Gasteiger partial charge in [-0.3, -0.25) is 4.79 Å². The lowest BCUT2D eigenvalue weighted by Crippen LogP contribution is -2.47. The zero-order valence-corrected chi connectivity index (χ0v) is 12.9. The number of amides is 1. The van der Waals surface area contributed by atoms with Crippen molar-refractivity contribution in [3.8, 4) is 0 Å². The van der Waals surface area contributed by atoms with Gasteiger partial charge in [0.1, 0.15) is 11.1 Å². The van der Waals surface area contributed by atoms with Crippen LogP contribution in [0.3, 0.4) is 0 Å². The lowest BCUT2D eigenvalue weighted by atomic mass is 10.1. The third kappa shape index (κ3) is 2.87. The van der Waals surface area contributed by atoms with Crippen LogP contribution in [0.25, 0.3) is 0 Å². The molecule has 0 aromatic carbocycles. The quantitative estimate of drug-likeness (QED) is 0.879. The van der Waals surface area contributed by atoms with Gasteiger partial charge in [-0.15, -0.1) is 0 Å². The Kier molecular flexibility index (Phi) is 4.17. The highest BCUT2D eigenvalue weighted by Crippen LogP contribution is 2.14. The van der Waals surface area contributed by atoms with Crippen molar-refractivity contribution in [2.45, 2.75) is 56.7 Å². The second-order valence-electron chi connectivity index (χ2n) is 5.52. The highest BCUT2D eigenvalue weighted by atomic mass is 32.2. The summed E-state index contributed by atoms with van der Waals surface area (Å²) in [5, 5.41) is 1.29. The Labute approximate surface area is 119 Å². The van der Waals surface area contributed by atoms with Crippen LogP contribution in [-0.2, 0) is 27.6 Å². The van der Waals surface area contributed by atoms with Gasteiger partial charge in [-0.25, -0.2) is 13.4 Å². The van der Waals surface area contributed by atoms with E-state index in [4.69, 9.17) is 0 Å². The predicted molar refractivity (Wildman–Crippen MR) is 76.0 cm³/mol. The van der Waals surface area contributed by atoms with Gasteiger partial charge in [0.15, 0.2) is 9.84 Å². The number of sulfone groups is 1. The Morgan fingerprint density at radius 2 is 2.15 bits per heavy atom. The number of carbonyl (C=O) groups is 1. The first-order valence-electron chi connectivity index (χ1n) is 6.85. The van der Waals surface area contributed by atoms with Crippen molar-refractivity contribution in [1.82, 2.24) is 14.9 Å². The normalized spacial score (nSPS) is 20.5. The summed E-state index contributed by atoms with van der Waals surface area (Å²) >= 11 is 0. The number of aryl methyl sites for hydroxylation is 1. The van der Waals surface area contributed by atoms with Crippen LogP contribution in [0.15, 0.2) is 12.4 Å². The molecule has 20 heavy (non-hydrogen) atoms. The molecule has 7 heteroatoms. The highest BCUT2D eigenvalue weighted by molar-refractivity contribution is 7.93. The molecule has 6 nitrogen and oxygen atoms in total. The van der Waals surface area contributed by atoms with Gasteiger partial charge in [0.25, 0.3) is 0 Å². The molecule has 0 fully saturated rings. The van der Waals surface area contributed by atoms with E-state index in [9.17, 15) is 13.2 Å². The fourth-order valence-electron chi connectivity index (χ4n) is 2.36. The number of rotatable bonds is 4. The van der Waals surface area contributed by atoms with E-state index in [2.05, 4.69) is 10.3 Å². The van der Waals surface area contributed by atoms with Crippen molar-refractivity contribution in [2.75, 3.05) is 0 Å². The van der Waals surface area contributed by atoms with Crippen molar-refractivity contribution in [3.63, 3.8) is 0 Å². The first-order chi connectivity index (χ1) is 9.32. The van der Waals surface area contributed by atoms with Crippen LogP contribution in [0.1, 0.15) is 33.0 Å². The fourth-order valence-corrected chi connectivity index (χ4v) is 3.54. The fraction of sp³-hybridized carbons (Fsp3) is 0.692. The largest absolute Gasteiger partial charge is 0.350 e. The van der Waals surface area contributed by atoms with Crippen molar-refractivity contribution in [2.24, 2.45) is 0 Å². The summed E-state index contributed by atoms with van der Waals surface area (Å²) in [6.45, 7) is 5.29. The Balaban J connectivity index is 2.00. The number of aromatic nitrogens is 2. The first-order valence-corrected chi connectivity index (χ1v) is 8.46. The third-order valence-electron chi connectivity index (χ3n) is 3.80. The molecule has 2 heterocycles. The maximum atomic E-state index is 12.1. The van der Waals surface area contributed by atoms with E-state index in [1.165, 1.54) is 6.92 Å². The molecular weight excluding hydrogens is 278 g/mol. The zero-order valence-electron chi connectivity index (χ0n) is 12.0. The van der Waals surface area contributed by atoms with Gasteiger partial charge in [0.05, 0.1) is 5.25 Å². The van der Waals surface area contributed by atoms with Gasteiger partial charge < -0.3 is 9.88 Å². The van der Waals surface area contributed by atoms with Crippen molar-refractivity contribution < 1.29 is 13.2 Å². The predicted octanol–water partition coefficient (Wildman–Crippen LogP) is 0.526. The van der Waals surface area contributed by atoms with Gasteiger partial charge in [0.2, 0.25) is 5.91 Å². The number of imidazole rings is 1. The molecule has 1 aliphatic rings. The molecule has 0 bridgehead atoms. The Hall–Kier alpha value is -1.37. The van der Waals surface area contributed by atoms with Crippen LogP contribution in [-0.4, -0.2) is 40.4 Å². The SMILES string of the molecule is CC(C)S(=O)(=O)C(C)C(=O)NC1CCc2nccn2C1. The van der Waals surface area contributed by atoms with Crippen LogP contribution >= 0.6 is 0 Å². The van der Waals surface area contributed by atoms with Crippen LogP contribution in [0, 0.1) is 0 Å². The molecule has 2 unspecified atom stereocenters. The molecule has 1 N–H and O–H groups in total. The average Bonchev–Trinajstić information content (AvgIpc) is 2.84. The standard InChI is InChI=1S/C13H21N3O3S/c1-9(2)20(18,19)10(3)13(17)15-11-4-5-12-14-6-7-16(12)8-11/h6-7,9-11H,4-5,8H2,1-3H3,(H,15,17). The number of hydrogen-bond donors (Lipinski definition) is 1. The maximum Gasteiger partial charge on any atom is 0.238 e. The van der Waals surface area contributed by atoms with Crippen LogP contribution in [0.2, 0.25) is 0 Å². The molecule has 0 aliphatic carbocycles. The minimum absolute atomic E-state index is 0.0333. The molecule has 0 spiro atoms. The average molecular weight is 299 g/mol. The molecule has 0 saturated carbocycles. The second-order valence-corrected chi connectivity index (χ2v) is 8.35. The number of nitrogens with one attached hydrogen (secondary N) is 1. The van der Waals surface area contributed by atoms with Crippen LogP contribution in [0.5, 0.6) is 0 Å². The summed E-state index contributed by atoms with van der Waals surface area (Å²) in [6.07, 6.45) is 5.20. The molecule has 0 radical (unpaired) electrons. The maximum absolute atomic E-state index is 12.1. The lowest BCUT2D eigenvalue weighted by Gasteiger charge is -2.26. The minimum Gasteiger partial charge on any atom is -0.350 e. The molecule has 1 amide bonds. The Morgan fingerprint density at radius 1 is 1.45 bits per heavy atom. The summed E-state index contributed by atoms with van der Waals surface area (Å²) in [6, 6.07) is -0.0333. The summed E-state index contributed by atoms with van der Waals surface area (Å²) in [5.74, 6) is 0.602. The molecule has 2 rings (SSSR count). The smallest absolute Gasteiger partial charge is 0.238 e. The Morgan fingerprint density at radius 3 is 2.80 bits per heavy atom. The highest BCUT2D eigenvalue weighted by Gasteiger charge is 2.32. The third-order valence-corrected chi connectivity index (χ3v) is 6.31. The van der Waals surface area contributed by atoms with Gasteiger partial charge in [-0.2, -0.15) is 0 Å². The summed E-state index contributed by atoms with van der Waals surface area (Å²) in [5.41, 5.74) is 0. The van der Waals surface area contributed by atoms with E-state index >= 15 is 0 Å². The van der Waals surface area contributed by atoms with Gasteiger partial charge in [-0.05, 0) is 27.2 Å². The van der Waals surface area contributed by atoms with E-state index in [0.29, 0.717) is 6.54 Å². The molecule has 112 valence electrons. The Bertz CT molecular complexity index is 592. The molecular formula is C13H21N3O3S. The van der Waals surface area contributed by atoms with E-state index in [1.54, 1.807) is 20.0 Å². The number of fused-ring (bicyclic) bond motifs is 1. The lowest BCUT2D eigenvalue weighted by molar-refractivity contribution is -0.121. The van der Waals surface area contributed by atoms with Crippen molar-refractivity contribution in [1.29, 1.82) is 0 Å². The van der Waals surface area contributed by atoms with E-state index in [1.807, 2.05) is 10.8 Å². The molecule has 1 aliphatic heterocycles. The summed E-state index contributed by atoms with van der Waals surface area (Å²) in [4.78, 5) is 16.3. The summed E-state index contributed by atoms with van der Waals surface area (Å²) < 4.78 is 26.0. The van der Waals surface area contributed by atoms with Gasteiger partial charge >= 0.3 is 0 Å². The first kappa shape index (κ1) is 15.0. The van der Waals surface area contributed by atoms with E-state index in [-0.39, 0.29) is 6.04 Å². The topological polar surface area (TPSA) is 81.1 Å². The second kappa shape index (κ2) is 5.55. The number of nitrogens with zero attached hydrogens (tertiary/aromatic N) is 2. The zero-order chi connectivity index (χ0) is 14.9. The van der Waals surface area contributed by atoms with Crippen LogP contribution in [0.4, 0.5) is 0 Å². The van der Waals surface area contributed by atoms with E-state index < -0.39 is 26.2 Å². The molecule has 2 atom stereocenters. The number of hydrogen-bond acceptors (Lipinski definition) is 4.